The number of likely N-dealkylation sites (N-methyl/N-ethyl adjacent to an activating group) is 1. The largest absolute Gasteiger partial charge is 0.439 e. The van der Waals surface area contributed by atoms with E-state index in [0.29, 0.717) is 16.9 Å². The lowest BCUT2D eigenvalue weighted by Crippen LogP contribution is -2.32. The zero-order chi connectivity index (χ0) is 14.0. The highest BCUT2D eigenvalue weighted by Gasteiger charge is 2.36. The van der Waals surface area contributed by atoms with Crippen LogP contribution in [0.5, 0.6) is 5.75 Å². The first-order valence-corrected chi connectivity index (χ1v) is 5.68. The molecule has 0 atom stereocenters. The van der Waals surface area contributed by atoms with Gasteiger partial charge in [-0.05, 0) is 17.7 Å². The number of benzene rings is 1. The fraction of sp³-hybridized carbons (Fsp3) is 0.308. The molecule has 0 aromatic heterocycles. The van der Waals surface area contributed by atoms with E-state index >= 15 is 0 Å². The van der Waals surface area contributed by atoms with Gasteiger partial charge in [-0.1, -0.05) is 12.1 Å². The highest BCUT2D eigenvalue weighted by molar-refractivity contribution is 5.91. The third-order valence-electron chi connectivity index (χ3n) is 2.84. The topological polar surface area (TPSA) is 79.2 Å². The van der Waals surface area contributed by atoms with Gasteiger partial charge in [-0.3, -0.25) is 9.63 Å². The first-order chi connectivity index (χ1) is 8.93. The predicted molar refractivity (Wildman–Crippen MR) is 66.8 cm³/mol. The summed E-state index contributed by atoms with van der Waals surface area (Å²) in [7, 11) is 2.89. The van der Waals surface area contributed by atoms with Crippen LogP contribution in [-0.2, 0) is 16.1 Å². The van der Waals surface area contributed by atoms with E-state index in [1.54, 1.807) is 24.3 Å². The van der Waals surface area contributed by atoms with Crippen molar-refractivity contribution in [3.63, 3.8) is 0 Å². The summed E-state index contributed by atoms with van der Waals surface area (Å²) in [5, 5.41) is 20.0. The molecule has 19 heavy (non-hydrogen) atoms. The molecule has 0 fully saturated rings. The van der Waals surface area contributed by atoms with Gasteiger partial charge in [-0.25, -0.2) is 5.06 Å². The zero-order valence-corrected chi connectivity index (χ0v) is 10.7. The normalized spacial score (nSPS) is 16.2. The van der Waals surface area contributed by atoms with Crippen molar-refractivity contribution in [3.8, 4) is 5.75 Å². The molecule has 0 aliphatic carbocycles. The number of carbonyl (C=O) groups is 1. The Labute approximate surface area is 110 Å². The Morgan fingerprint density at radius 3 is 2.95 bits per heavy atom. The lowest BCUT2D eigenvalue weighted by Gasteiger charge is -2.12. The van der Waals surface area contributed by atoms with Crippen molar-refractivity contribution in [1.82, 2.24) is 5.06 Å². The molecule has 1 aromatic rings. The molecular weight excluding hydrogens is 250 g/mol. The second kappa shape index (κ2) is 5.00. The molecular formula is C13H15NO5. The number of hydrogen-bond donors (Lipinski definition) is 2. The van der Waals surface area contributed by atoms with Crippen LogP contribution < -0.4 is 4.74 Å². The first-order valence-electron chi connectivity index (χ1n) is 5.68. The van der Waals surface area contributed by atoms with Crippen LogP contribution in [0.4, 0.5) is 0 Å². The van der Waals surface area contributed by atoms with Crippen LogP contribution >= 0.6 is 0 Å². The van der Waals surface area contributed by atoms with Crippen LogP contribution in [0.25, 0.3) is 6.08 Å². The molecule has 1 aromatic carbocycles. The van der Waals surface area contributed by atoms with Crippen molar-refractivity contribution in [1.29, 1.82) is 0 Å². The molecule has 0 saturated carbocycles. The van der Waals surface area contributed by atoms with Crippen LogP contribution in [0, 0.1) is 0 Å². The summed E-state index contributed by atoms with van der Waals surface area (Å²) in [5.74, 6) is -2.10. The summed E-state index contributed by atoms with van der Waals surface area (Å²) < 4.78 is 4.97. The van der Waals surface area contributed by atoms with Crippen LogP contribution in [-0.4, -0.2) is 41.3 Å². The van der Waals surface area contributed by atoms with Gasteiger partial charge in [0.05, 0.1) is 13.5 Å². The van der Waals surface area contributed by atoms with Gasteiger partial charge in [0.2, 0.25) is 0 Å². The maximum absolute atomic E-state index is 11.6. The van der Waals surface area contributed by atoms with E-state index in [1.165, 1.54) is 20.2 Å². The van der Waals surface area contributed by atoms with Gasteiger partial charge in [0, 0.05) is 18.7 Å². The smallest absolute Gasteiger partial charge is 0.326 e. The fourth-order valence-electron chi connectivity index (χ4n) is 1.82. The van der Waals surface area contributed by atoms with Gasteiger partial charge >= 0.3 is 5.97 Å². The van der Waals surface area contributed by atoms with Crippen molar-refractivity contribution < 1.29 is 24.6 Å². The monoisotopic (exact) mass is 265 g/mol. The molecule has 0 bridgehead atoms. The quantitative estimate of drug-likeness (QED) is 0.466. The Morgan fingerprint density at radius 2 is 2.26 bits per heavy atom. The minimum Gasteiger partial charge on any atom is -0.439 e. The number of aliphatic hydroxyl groups is 2. The molecule has 2 rings (SSSR count). The molecule has 0 spiro atoms. The van der Waals surface area contributed by atoms with Gasteiger partial charge in [-0.2, -0.15) is 0 Å². The average molecular weight is 265 g/mol. The SMILES string of the molecule is CON(C)C(=O)/C=C/c1cccc2c1CC(O)(O)O2. The second-order valence-corrected chi connectivity index (χ2v) is 4.20. The number of hydroxylamine groups is 2. The van der Waals surface area contributed by atoms with Gasteiger partial charge in [0.25, 0.3) is 5.91 Å². The van der Waals surface area contributed by atoms with Crippen LogP contribution in [0.15, 0.2) is 24.3 Å². The molecule has 0 saturated heterocycles. The number of rotatable bonds is 3. The molecule has 1 amide bonds. The molecule has 0 radical (unpaired) electrons. The molecule has 1 heterocycles. The Balaban J connectivity index is 2.22. The van der Waals surface area contributed by atoms with Crippen LogP contribution in [0.2, 0.25) is 0 Å². The van der Waals surface area contributed by atoms with E-state index < -0.39 is 5.97 Å². The Morgan fingerprint density at radius 1 is 1.53 bits per heavy atom. The van der Waals surface area contributed by atoms with Gasteiger partial charge in [0.15, 0.2) is 0 Å². The van der Waals surface area contributed by atoms with Crippen molar-refractivity contribution in [2.75, 3.05) is 14.2 Å². The van der Waals surface area contributed by atoms with E-state index in [4.69, 9.17) is 9.57 Å². The second-order valence-electron chi connectivity index (χ2n) is 4.20. The predicted octanol–water partition coefficient (Wildman–Crippen LogP) is 0.293. The third kappa shape index (κ3) is 2.93. The van der Waals surface area contributed by atoms with E-state index in [0.717, 1.165) is 5.06 Å². The number of amides is 1. The van der Waals surface area contributed by atoms with E-state index in [9.17, 15) is 15.0 Å². The van der Waals surface area contributed by atoms with Crippen molar-refractivity contribution in [3.05, 3.63) is 35.4 Å². The maximum Gasteiger partial charge on any atom is 0.326 e. The van der Waals surface area contributed by atoms with Crippen molar-refractivity contribution >= 4 is 12.0 Å². The van der Waals surface area contributed by atoms with Crippen LogP contribution in [0.1, 0.15) is 11.1 Å². The standard InChI is InChI=1S/C13H15NO5/c1-14(18-2)12(15)7-6-9-4-3-5-11-10(9)8-13(16,17)19-11/h3-7,16-17H,8H2,1-2H3/b7-6+. The molecule has 0 unspecified atom stereocenters. The van der Waals surface area contributed by atoms with Crippen molar-refractivity contribution in [2.24, 2.45) is 0 Å². The Kier molecular flexibility index (Phi) is 3.57. The van der Waals surface area contributed by atoms with Gasteiger partial charge in [-0.15, -0.1) is 0 Å². The lowest BCUT2D eigenvalue weighted by atomic mass is 10.0. The summed E-state index contributed by atoms with van der Waals surface area (Å²) >= 11 is 0. The number of fused-ring (bicyclic) bond motifs is 1. The molecule has 1 aliphatic heterocycles. The molecule has 102 valence electrons. The number of ether oxygens (including phenoxy) is 1. The molecule has 2 N–H and O–H groups in total. The zero-order valence-electron chi connectivity index (χ0n) is 10.7. The minimum atomic E-state index is -2.18. The van der Waals surface area contributed by atoms with Gasteiger partial charge in [0.1, 0.15) is 5.75 Å². The Hall–Kier alpha value is -1.89. The highest BCUT2D eigenvalue weighted by atomic mass is 16.8. The van der Waals surface area contributed by atoms with E-state index in [1.807, 2.05) is 0 Å². The first kappa shape index (κ1) is 13.5. The summed E-state index contributed by atoms with van der Waals surface area (Å²) in [5.41, 5.74) is 1.34. The van der Waals surface area contributed by atoms with Crippen LogP contribution in [0.3, 0.4) is 0 Å². The Bertz CT molecular complexity index is 524. The fourth-order valence-corrected chi connectivity index (χ4v) is 1.82. The maximum atomic E-state index is 11.6. The van der Waals surface area contributed by atoms with E-state index in [2.05, 4.69) is 0 Å². The number of carbonyl (C=O) groups excluding carboxylic acids is 1. The van der Waals surface area contributed by atoms with Gasteiger partial charge < -0.3 is 14.9 Å². The summed E-state index contributed by atoms with van der Waals surface area (Å²) in [6.45, 7) is 0. The number of hydrogen-bond acceptors (Lipinski definition) is 5. The number of nitrogens with zero attached hydrogens (tertiary/aromatic N) is 1. The molecule has 1 aliphatic rings. The summed E-state index contributed by atoms with van der Waals surface area (Å²) in [6.07, 6.45) is 2.88. The summed E-state index contributed by atoms with van der Waals surface area (Å²) in [4.78, 5) is 16.3. The highest BCUT2D eigenvalue weighted by Crippen LogP contribution is 2.35. The lowest BCUT2D eigenvalue weighted by molar-refractivity contribution is -0.279. The third-order valence-corrected chi connectivity index (χ3v) is 2.84. The van der Waals surface area contributed by atoms with E-state index in [-0.39, 0.29) is 12.3 Å². The average Bonchev–Trinajstić information content (AvgIpc) is 2.69. The molecule has 6 heteroatoms. The minimum absolute atomic E-state index is 0.0445. The van der Waals surface area contributed by atoms with Crippen molar-refractivity contribution in [2.45, 2.75) is 12.4 Å². The molecule has 6 nitrogen and oxygen atoms in total. The summed E-state index contributed by atoms with van der Waals surface area (Å²) in [6, 6.07) is 5.12.